The van der Waals surface area contributed by atoms with Gasteiger partial charge in [-0.2, -0.15) is 0 Å². The summed E-state index contributed by atoms with van der Waals surface area (Å²) in [6.45, 7) is 0. The third kappa shape index (κ3) is 6.38. The lowest BCUT2D eigenvalue weighted by molar-refractivity contribution is -0.385. The van der Waals surface area contributed by atoms with Crippen LogP contribution in [0.1, 0.15) is 11.1 Å². The summed E-state index contributed by atoms with van der Waals surface area (Å²) in [6.07, 6.45) is -1.67. The van der Waals surface area contributed by atoms with Crippen molar-refractivity contribution in [3.05, 3.63) is 86.2 Å². The van der Waals surface area contributed by atoms with E-state index in [1.165, 1.54) is 0 Å². The molecule has 0 spiro atoms. The summed E-state index contributed by atoms with van der Waals surface area (Å²) in [5.74, 6) is -3.01. The molecule has 188 valence electrons. The summed E-state index contributed by atoms with van der Waals surface area (Å²) in [7, 11) is 0. The fraction of sp³-hybridized carbons (Fsp3) is 0.111. The highest BCUT2D eigenvalue weighted by atomic mass is 16.6. The molecule has 0 aliphatic carbocycles. The Balaban J connectivity index is 2.42. The number of carbonyl (C=O) groups excluding carboxylic acids is 2. The fourth-order valence-electron chi connectivity index (χ4n) is 2.88. The van der Waals surface area contributed by atoms with Gasteiger partial charge in [-0.3, -0.25) is 25.0 Å². The van der Waals surface area contributed by atoms with Gasteiger partial charge in [0.15, 0.2) is 6.10 Å². The van der Waals surface area contributed by atoms with E-state index in [1.807, 2.05) is 0 Å². The summed E-state index contributed by atoms with van der Waals surface area (Å²) in [5, 5.41) is 34.5. The van der Waals surface area contributed by atoms with E-state index in [2.05, 4.69) is 25.9 Å². The number of nitroso groups, excluding NO2 is 5. The molecule has 0 fully saturated rings. The number of esters is 1. The minimum absolute atomic E-state index is 0.408. The van der Waals surface area contributed by atoms with E-state index in [9.17, 15) is 54.4 Å². The van der Waals surface area contributed by atoms with E-state index in [4.69, 9.17) is 4.74 Å². The summed E-state index contributed by atoms with van der Waals surface area (Å²) in [6, 6.07) is 2.68. The number of rotatable bonds is 12. The molecule has 0 aliphatic rings. The van der Waals surface area contributed by atoms with Gasteiger partial charge in [-0.15, -0.1) is 24.5 Å². The molecule has 19 nitrogen and oxygen atoms in total. The lowest BCUT2D eigenvalue weighted by atomic mass is 10.0. The molecule has 0 saturated carbocycles. The quantitative estimate of drug-likeness (QED) is 0.124. The van der Waals surface area contributed by atoms with Gasteiger partial charge in [0.25, 0.3) is 11.4 Å². The van der Waals surface area contributed by atoms with Crippen LogP contribution in [0.3, 0.4) is 0 Å². The molecule has 0 aromatic heterocycles. The number of hydrogen-bond donors (Lipinski definition) is 0. The van der Waals surface area contributed by atoms with Gasteiger partial charge in [0, 0.05) is 35.4 Å². The van der Waals surface area contributed by atoms with Gasteiger partial charge in [0.2, 0.25) is 0 Å². The molecule has 0 aliphatic heterocycles. The first kappa shape index (κ1) is 27.4. The first-order chi connectivity index (χ1) is 17.6. The van der Waals surface area contributed by atoms with Crippen LogP contribution in [0.25, 0.3) is 6.08 Å². The Kier molecular flexibility index (Phi) is 8.88. The van der Waals surface area contributed by atoms with Crippen LogP contribution < -0.4 is 0 Å². The Morgan fingerprint density at radius 2 is 1.30 bits per heavy atom. The van der Waals surface area contributed by atoms with Gasteiger partial charge >= 0.3 is 11.9 Å². The molecule has 0 saturated heterocycles. The van der Waals surface area contributed by atoms with E-state index < -0.39 is 79.5 Å². The van der Waals surface area contributed by atoms with Crippen molar-refractivity contribution in [3.8, 4) is 0 Å². The van der Waals surface area contributed by atoms with Crippen LogP contribution in [0.15, 0.2) is 56.2 Å². The van der Waals surface area contributed by atoms with E-state index in [0.717, 1.165) is 18.2 Å². The number of nitro groups is 2. The van der Waals surface area contributed by atoms with Crippen LogP contribution in [-0.4, -0.2) is 27.8 Å². The molecule has 1 amide bonds. The van der Waals surface area contributed by atoms with Crippen molar-refractivity contribution in [2.75, 3.05) is 0 Å². The monoisotopic (exact) mass is 515 g/mol. The van der Waals surface area contributed by atoms with Crippen LogP contribution in [0.4, 0.5) is 34.1 Å². The summed E-state index contributed by atoms with van der Waals surface area (Å²) in [4.78, 5) is 98.8. The van der Waals surface area contributed by atoms with Gasteiger partial charge in [0.1, 0.15) is 22.7 Å². The number of benzene rings is 2. The van der Waals surface area contributed by atoms with Crippen molar-refractivity contribution in [3.63, 3.8) is 0 Å². The van der Waals surface area contributed by atoms with Crippen LogP contribution in [0.5, 0.6) is 0 Å². The predicted molar refractivity (Wildman–Crippen MR) is 121 cm³/mol. The summed E-state index contributed by atoms with van der Waals surface area (Å²) < 4.78 is 4.79. The highest BCUT2D eigenvalue weighted by Gasteiger charge is 2.29. The second kappa shape index (κ2) is 12.0. The predicted octanol–water partition coefficient (Wildman–Crippen LogP) is 4.56. The lowest BCUT2D eigenvalue weighted by Crippen LogP contribution is -2.27. The van der Waals surface area contributed by atoms with Crippen LogP contribution >= 0.6 is 0 Å². The minimum atomic E-state index is -2.08. The van der Waals surface area contributed by atoms with Crippen LogP contribution in [0, 0.1) is 44.8 Å². The third-order valence-electron chi connectivity index (χ3n) is 4.51. The Morgan fingerprint density at radius 1 is 0.811 bits per heavy atom. The zero-order valence-corrected chi connectivity index (χ0v) is 17.8. The van der Waals surface area contributed by atoms with Crippen LogP contribution in [0.2, 0.25) is 0 Å². The van der Waals surface area contributed by atoms with E-state index in [1.54, 1.807) is 0 Å². The number of hydrogen-bond acceptors (Lipinski definition) is 16. The molecule has 0 N–H and O–H groups in total. The molecule has 1 atom stereocenters. The zero-order chi connectivity index (χ0) is 27.7. The average Bonchev–Trinajstić information content (AvgIpc) is 2.89. The Labute approximate surface area is 201 Å². The maximum absolute atomic E-state index is 12.3. The second-order valence-electron chi connectivity index (χ2n) is 6.64. The third-order valence-corrected chi connectivity index (χ3v) is 4.51. The molecule has 19 heteroatoms. The smallest absolute Gasteiger partial charge is 0.331 e. The molecule has 0 unspecified atom stereocenters. The molecule has 37 heavy (non-hydrogen) atoms. The SMILES string of the molecule is O=NC(=O)[C@H](Cc1cc(N=O)c(N=O)cc1[N+](=O)[O-])OC(=O)/C=C/c1cc(N=O)c(N=O)cc1[N+](=O)[O-]. The average molecular weight is 515 g/mol. The number of carbonyl (C=O) groups is 2. The molecular weight excluding hydrogens is 506 g/mol. The Morgan fingerprint density at radius 3 is 1.78 bits per heavy atom. The van der Waals surface area contributed by atoms with Gasteiger partial charge in [-0.1, -0.05) is 0 Å². The van der Waals surface area contributed by atoms with Crippen molar-refractivity contribution >= 4 is 52.1 Å². The van der Waals surface area contributed by atoms with E-state index >= 15 is 0 Å². The van der Waals surface area contributed by atoms with E-state index in [0.29, 0.717) is 18.2 Å². The maximum atomic E-state index is 12.3. The largest absolute Gasteiger partial charge is 0.448 e. The highest BCUT2D eigenvalue weighted by molar-refractivity contribution is 5.92. The number of nitro benzene ring substituents is 2. The van der Waals surface area contributed by atoms with Crippen molar-refractivity contribution in [1.82, 2.24) is 0 Å². The fourth-order valence-corrected chi connectivity index (χ4v) is 2.88. The van der Waals surface area contributed by atoms with Crippen molar-refractivity contribution in [2.24, 2.45) is 25.9 Å². The highest BCUT2D eigenvalue weighted by Crippen LogP contribution is 2.37. The van der Waals surface area contributed by atoms with Crippen LogP contribution in [-0.2, 0) is 20.7 Å². The normalized spacial score (nSPS) is 11.2. The molecular formula is C18H9N7O12. The molecule has 0 bridgehead atoms. The molecule has 2 aromatic rings. The number of amides is 1. The zero-order valence-electron chi connectivity index (χ0n) is 17.8. The standard InChI is InChI=1S/C18H9N7O12/c26-17(2-1-8-3-10(19-28)12(21-30)6-14(8)24(33)34)37-16(18(27)23-32)5-9-4-11(20-29)13(22-31)7-15(9)25(35)36/h1-4,6-7,16H,5H2/b2-1+/t16-/m0/s1. The number of ether oxygens (including phenoxy) is 1. The molecule has 2 aromatic carbocycles. The Bertz CT molecular complexity index is 1390. The Hall–Kier alpha value is -5.88. The first-order valence-corrected chi connectivity index (χ1v) is 9.33. The van der Waals surface area contributed by atoms with Crippen molar-refractivity contribution in [2.45, 2.75) is 12.5 Å². The van der Waals surface area contributed by atoms with Crippen molar-refractivity contribution in [1.29, 1.82) is 0 Å². The summed E-state index contributed by atoms with van der Waals surface area (Å²) >= 11 is 0. The van der Waals surface area contributed by atoms with E-state index in [-0.39, 0.29) is 0 Å². The van der Waals surface area contributed by atoms with Crippen molar-refractivity contribution < 1.29 is 24.2 Å². The molecule has 0 heterocycles. The minimum Gasteiger partial charge on any atom is -0.448 e. The first-order valence-electron chi connectivity index (χ1n) is 9.33. The summed E-state index contributed by atoms with van der Waals surface area (Å²) in [5.41, 5.74) is -5.03. The van der Waals surface area contributed by atoms with Gasteiger partial charge in [-0.05, 0) is 38.9 Å². The van der Waals surface area contributed by atoms with Gasteiger partial charge < -0.3 is 4.74 Å². The maximum Gasteiger partial charge on any atom is 0.331 e. The second-order valence-corrected chi connectivity index (χ2v) is 6.64. The van der Waals surface area contributed by atoms with Gasteiger partial charge in [0.05, 0.1) is 15.4 Å². The van der Waals surface area contributed by atoms with Gasteiger partial charge in [-0.25, -0.2) is 4.79 Å². The molecule has 2 rings (SSSR count). The lowest BCUT2D eigenvalue weighted by Gasteiger charge is -2.13. The topological polar surface area (TPSA) is 277 Å². The molecule has 0 radical (unpaired) electrons. The number of nitrogens with zero attached hydrogens (tertiary/aromatic N) is 7.